The number of nitrogens with zero attached hydrogens (tertiary/aromatic N) is 1. The molecule has 1 rings (SSSR count). The van der Waals surface area contributed by atoms with Gasteiger partial charge in [-0.15, -0.1) is 6.58 Å². The van der Waals surface area contributed by atoms with Gasteiger partial charge in [-0.2, -0.15) is 0 Å². The molecule has 0 bridgehead atoms. The lowest BCUT2D eigenvalue weighted by Crippen LogP contribution is -2.36. The molecule has 20 heavy (non-hydrogen) atoms. The molecule has 0 spiro atoms. The van der Waals surface area contributed by atoms with Crippen molar-refractivity contribution in [2.45, 2.75) is 6.92 Å². The second kappa shape index (κ2) is 7.18. The Hall–Kier alpha value is -2.50. The van der Waals surface area contributed by atoms with E-state index < -0.39 is 11.9 Å². The van der Waals surface area contributed by atoms with E-state index in [2.05, 4.69) is 6.58 Å². The van der Waals surface area contributed by atoms with Crippen molar-refractivity contribution >= 4 is 11.9 Å². The van der Waals surface area contributed by atoms with Crippen molar-refractivity contribution < 1.29 is 24.5 Å². The van der Waals surface area contributed by atoms with Crippen molar-refractivity contribution in [3.8, 4) is 11.5 Å². The van der Waals surface area contributed by atoms with Crippen LogP contribution < -0.4 is 0 Å². The van der Waals surface area contributed by atoms with E-state index in [0.29, 0.717) is 0 Å². The summed E-state index contributed by atoms with van der Waals surface area (Å²) in [6, 6.07) is 3.97. The number of benzene rings is 1. The summed E-state index contributed by atoms with van der Waals surface area (Å²) in [5.41, 5.74) is -0.251. The molecule has 1 amide bonds. The predicted octanol–water partition coefficient (Wildman–Crippen LogP) is 1.29. The number of esters is 1. The molecule has 1 aromatic carbocycles. The summed E-state index contributed by atoms with van der Waals surface area (Å²) in [5, 5.41) is 19.3. The maximum Gasteiger partial charge on any atom is 0.325 e. The minimum atomic E-state index is -0.673. The standard InChI is InChI=1S/C14H17NO5/c1-3-8-15(9-12(18)20-4-2)14(19)13-10(16)6-5-7-11(13)17/h3,5-7,16-17H,1,4,8-9H2,2H3. The number of ether oxygens (including phenoxy) is 1. The van der Waals surface area contributed by atoms with Crippen LogP contribution in [0.3, 0.4) is 0 Å². The Labute approximate surface area is 116 Å². The van der Waals surface area contributed by atoms with Crippen molar-refractivity contribution in [2.24, 2.45) is 0 Å². The summed E-state index contributed by atoms with van der Waals surface area (Å²) in [6.45, 7) is 5.17. The van der Waals surface area contributed by atoms with Gasteiger partial charge in [-0.25, -0.2) is 0 Å². The molecule has 0 aliphatic heterocycles. The fourth-order valence-electron chi connectivity index (χ4n) is 1.64. The summed E-state index contributed by atoms with van der Waals surface area (Å²) >= 11 is 0. The van der Waals surface area contributed by atoms with Crippen LogP contribution in [0.5, 0.6) is 11.5 Å². The highest BCUT2D eigenvalue weighted by molar-refractivity contribution is 6.00. The van der Waals surface area contributed by atoms with E-state index in [4.69, 9.17) is 4.74 Å². The van der Waals surface area contributed by atoms with Crippen LogP contribution in [0.25, 0.3) is 0 Å². The topological polar surface area (TPSA) is 87.1 Å². The Morgan fingerprint density at radius 3 is 2.45 bits per heavy atom. The van der Waals surface area contributed by atoms with Gasteiger partial charge in [0.2, 0.25) is 0 Å². The Morgan fingerprint density at radius 2 is 1.95 bits per heavy atom. The first-order valence-electron chi connectivity index (χ1n) is 6.08. The minimum Gasteiger partial charge on any atom is -0.507 e. The first-order valence-corrected chi connectivity index (χ1v) is 6.08. The zero-order valence-electron chi connectivity index (χ0n) is 11.2. The number of hydrogen-bond donors (Lipinski definition) is 2. The van der Waals surface area contributed by atoms with Gasteiger partial charge in [0.1, 0.15) is 23.6 Å². The third-order valence-corrected chi connectivity index (χ3v) is 2.50. The lowest BCUT2D eigenvalue weighted by atomic mass is 10.1. The molecule has 0 saturated carbocycles. The third kappa shape index (κ3) is 3.74. The molecule has 2 N–H and O–H groups in total. The first-order chi connectivity index (χ1) is 9.51. The molecule has 0 unspecified atom stereocenters. The lowest BCUT2D eigenvalue weighted by Gasteiger charge is -2.21. The highest BCUT2D eigenvalue weighted by atomic mass is 16.5. The number of aromatic hydroxyl groups is 2. The second-order valence-corrected chi connectivity index (χ2v) is 3.95. The molecule has 6 heteroatoms. The molecule has 0 fully saturated rings. The van der Waals surface area contributed by atoms with Crippen LogP contribution >= 0.6 is 0 Å². The van der Waals surface area contributed by atoms with Gasteiger partial charge < -0.3 is 19.8 Å². The number of amides is 1. The SMILES string of the molecule is C=CCN(CC(=O)OCC)C(=O)c1c(O)cccc1O. The highest BCUT2D eigenvalue weighted by Crippen LogP contribution is 2.27. The number of carbonyl (C=O) groups excluding carboxylic acids is 2. The van der Waals surface area contributed by atoms with E-state index in [9.17, 15) is 19.8 Å². The fourth-order valence-corrected chi connectivity index (χ4v) is 1.64. The fraction of sp³-hybridized carbons (Fsp3) is 0.286. The molecule has 0 radical (unpaired) electrons. The van der Waals surface area contributed by atoms with E-state index in [0.717, 1.165) is 4.90 Å². The van der Waals surface area contributed by atoms with E-state index in [1.807, 2.05) is 0 Å². The van der Waals surface area contributed by atoms with Crippen molar-refractivity contribution in [3.63, 3.8) is 0 Å². The third-order valence-electron chi connectivity index (χ3n) is 2.50. The van der Waals surface area contributed by atoms with Crippen molar-refractivity contribution in [3.05, 3.63) is 36.4 Å². The van der Waals surface area contributed by atoms with Gasteiger partial charge in [-0.05, 0) is 19.1 Å². The highest BCUT2D eigenvalue weighted by Gasteiger charge is 2.23. The molecule has 0 heterocycles. The molecule has 6 nitrogen and oxygen atoms in total. The Bertz CT molecular complexity index is 492. The molecule has 108 valence electrons. The van der Waals surface area contributed by atoms with Gasteiger partial charge in [0.15, 0.2) is 0 Å². The number of phenolic OH excluding ortho intramolecular Hbond substituents is 2. The first kappa shape index (κ1) is 15.6. The summed E-state index contributed by atoms with van der Waals surface area (Å²) in [7, 11) is 0. The summed E-state index contributed by atoms with van der Waals surface area (Å²) in [6.07, 6.45) is 1.44. The van der Waals surface area contributed by atoms with E-state index in [1.54, 1.807) is 6.92 Å². The van der Waals surface area contributed by atoms with Crippen molar-refractivity contribution in [2.75, 3.05) is 19.7 Å². The Morgan fingerprint density at radius 1 is 1.35 bits per heavy atom. The molecule has 0 atom stereocenters. The van der Waals surface area contributed by atoms with Gasteiger partial charge in [0.05, 0.1) is 6.61 Å². The van der Waals surface area contributed by atoms with E-state index >= 15 is 0 Å². The second-order valence-electron chi connectivity index (χ2n) is 3.95. The van der Waals surface area contributed by atoms with E-state index in [-0.39, 0.29) is 36.8 Å². The number of carbonyl (C=O) groups is 2. The average Bonchev–Trinajstić information content (AvgIpc) is 2.38. The van der Waals surface area contributed by atoms with Gasteiger partial charge in [-0.3, -0.25) is 9.59 Å². The van der Waals surface area contributed by atoms with Crippen LogP contribution in [-0.2, 0) is 9.53 Å². The number of hydrogen-bond acceptors (Lipinski definition) is 5. The molecular weight excluding hydrogens is 262 g/mol. The van der Waals surface area contributed by atoms with Crippen LogP contribution in [-0.4, -0.2) is 46.7 Å². The molecule has 0 aliphatic rings. The van der Waals surface area contributed by atoms with Crippen molar-refractivity contribution in [1.82, 2.24) is 4.90 Å². The summed E-state index contributed by atoms with van der Waals surface area (Å²) in [5.74, 6) is -1.95. The normalized spacial score (nSPS) is 9.85. The molecular formula is C14H17NO5. The molecule has 1 aromatic rings. The Balaban J connectivity index is 2.99. The van der Waals surface area contributed by atoms with Gasteiger partial charge in [0, 0.05) is 6.54 Å². The lowest BCUT2D eigenvalue weighted by molar-refractivity contribution is -0.143. The summed E-state index contributed by atoms with van der Waals surface area (Å²) in [4.78, 5) is 24.8. The predicted molar refractivity (Wildman–Crippen MR) is 72.5 cm³/mol. The zero-order valence-corrected chi connectivity index (χ0v) is 11.2. The van der Waals surface area contributed by atoms with Gasteiger partial charge in [-0.1, -0.05) is 12.1 Å². The Kier molecular flexibility index (Phi) is 5.58. The van der Waals surface area contributed by atoms with Crippen LogP contribution in [0.1, 0.15) is 17.3 Å². The number of rotatable bonds is 6. The maximum absolute atomic E-state index is 12.3. The zero-order chi connectivity index (χ0) is 15.1. The van der Waals surface area contributed by atoms with E-state index in [1.165, 1.54) is 24.3 Å². The van der Waals surface area contributed by atoms with Crippen LogP contribution in [0.15, 0.2) is 30.9 Å². The number of phenols is 2. The van der Waals surface area contributed by atoms with Crippen LogP contribution in [0, 0.1) is 0 Å². The summed E-state index contributed by atoms with van der Waals surface area (Å²) < 4.78 is 4.77. The quantitative estimate of drug-likeness (QED) is 0.605. The monoisotopic (exact) mass is 279 g/mol. The van der Waals surface area contributed by atoms with Crippen LogP contribution in [0.2, 0.25) is 0 Å². The largest absolute Gasteiger partial charge is 0.507 e. The smallest absolute Gasteiger partial charge is 0.325 e. The van der Waals surface area contributed by atoms with Crippen molar-refractivity contribution in [1.29, 1.82) is 0 Å². The molecule has 0 aliphatic carbocycles. The molecule has 0 saturated heterocycles. The minimum absolute atomic E-state index is 0.0887. The van der Waals surface area contributed by atoms with Crippen LogP contribution in [0.4, 0.5) is 0 Å². The van der Waals surface area contributed by atoms with Gasteiger partial charge >= 0.3 is 5.97 Å². The average molecular weight is 279 g/mol. The van der Waals surface area contributed by atoms with Gasteiger partial charge in [0.25, 0.3) is 5.91 Å². The molecule has 0 aromatic heterocycles. The maximum atomic E-state index is 12.3.